The van der Waals surface area contributed by atoms with E-state index in [0.717, 1.165) is 44.4 Å². The van der Waals surface area contributed by atoms with Crippen molar-refractivity contribution in [1.82, 2.24) is 49.0 Å². The highest BCUT2D eigenvalue weighted by molar-refractivity contribution is 7.90. The molecule has 3 aliphatic heterocycles. The lowest BCUT2D eigenvalue weighted by molar-refractivity contribution is -0.136. The van der Waals surface area contributed by atoms with Crippen molar-refractivity contribution in [1.29, 1.82) is 0 Å². The maximum absolute atomic E-state index is 13.3. The number of benzene rings is 1. The third kappa shape index (κ3) is 6.35. The maximum atomic E-state index is 13.3. The molecule has 288 valence electrons. The van der Waals surface area contributed by atoms with Crippen LogP contribution in [0.25, 0.3) is 22.3 Å². The lowest BCUT2D eigenvalue weighted by atomic mass is 10.0. The lowest BCUT2D eigenvalue weighted by Crippen LogP contribution is -2.54. The Balaban J connectivity index is 0.871. The van der Waals surface area contributed by atoms with Gasteiger partial charge in [-0.05, 0) is 56.9 Å². The predicted octanol–water partition coefficient (Wildman–Crippen LogP) is 2.47. The first-order valence-corrected chi connectivity index (χ1v) is 20.0. The highest BCUT2D eigenvalue weighted by Gasteiger charge is 2.44. The zero-order chi connectivity index (χ0) is 38.9. The molecular weight excluding hydrogens is 741 g/mol. The van der Waals surface area contributed by atoms with Crippen LogP contribution in [-0.2, 0) is 26.2 Å². The molecule has 1 aliphatic carbocycles. The number of nitrogens with one attached hydrogen (secondary N) is 2. The molecule has 19 heteroatoms. The fourth-order valence-electron chi connectivity index (χ4n) is 7.48. The third-order valence-electron chi connectivity index (χ3n) is 10.6. The molecule has 5 aromatic rings. The summed E-state index contributed by atoms with van der Waals surface area (Å²) >= 11 is 0. The number of amides is 4. The number of nitrogens with zero attached hydrogens (tertiary/aromatic N) is 10. The topological polar surface area (TPSA) is 211 Å². The lowest BCUT2D eigenvalue weighted by Gasteiger charge is -2.35. The zero-order valence-electron chi connectivity index (χ0n) is 30.6. The number of rotatable bonds is 10. The molecule has 18 nitrogen and oxygen atoms in total. The normalized spacial score (nSPS) is 19.3. The average Bonchev–Trinajstić information content (AvgIpc) is 3.73. The van der Waals surface area contributed by atoms with Crippen LogP contribution in [0.15, 0.2) is 55.1 Å². The van der Waals surface area contributed by atoms with E-state index < -0.39 is 39.7 Å². The van der Waals surface area contributed by atoms with Crippen LogP contribution in [0.5, 0.6) is 0 Å². The van der Waals surface area contributed by atoms with Crippen LogP contribution in [0.1, 0.15) is 71.9 Å². The monoisotopic (exact) mass is 778 g/mol. The molecule has 1 unspecified atom stereocenters. The first-order chi connectivity index (χ1) is 26.9. The number of carbonyl (C=O) groups is 4. The van der Waals surface area contributed by atoms with E-state index in [4.69, 9.17) is 10.1 Å². The first kappa shape index (κ1) is 35.6. The largest absolute Gasteiger partial charge is 0.352 e. The molecule has 7 heterocycles. The van der Waals surface area contributed by atoms with Crippen molar-refractivity contribution < 1.29 is 27.6 Å². The van der Waals surface area contributed by atoms with Crippen molar-refractivity contribution in [3.63, 3.8) is 0 Å². The number of fused-ring (bicyclic) bond motifs is 2. The van der Waals surface area contributed by atoms with Gasteiger partial charge in [0.1, 0.15) is 17.7 Å². The van der Waals surface area contributed by atoms with E-state index in [1.165, 1.54) is 12.4 Å². The molecule has 1 atom stereocenters. The van der Waals surface area contributed by atoms with Gasteiger partial charge in [0.05, 0.1) is 45.2 Å². The molecule has 0 bridgehead atoms. The number of aromatic nitrogens is 7. The molecule has 0 spiro atoms. The Bertz CT molecular complexity index is 2550. The highest BCUT2D eigenvalue weighted by Crippen LogP contribution is 2.33. The number of hydrogen-bond acceptors (Lipinski definition) is 14. The van der Waals surface area contributed by atoms with Crippen molar-refractivity contribution in [2.75, 3.05) is 36.4 Å². The summed E-state index contributed by atoms with van der Waals surface area (Å²) < 4.78 is 28.2. The third-order valence-corrected chi connectivity index (χ3v) is 12.6. The molecule has 2 N–H and O–H groups in total. The van der Waals surface area contributed by atoms with Gasteiger partial charge in [0.15, 0.2) is 11.6 Å². The Kier molecular flexibility index (Phi) is 8.64. The number of pyridine rings is 1. The molecule has 9 rings (SSSR count). The van der Waals surface area contributed by atoms with Gasteiger partial charge in [-0.15, -0.1) is 0 Å². The average molecular weight is 779 g/mol. The highest BCUT2D eigenvalue weighted by atomic mass is 32.2. The van der Waals surface area contributed by atoms with Crippen molar-refractivity contribution in [3.8, 4) is 11.4 Å². The van der Waals surface area contributed by atoms with Gasteiger partial charge in [-0.2, -0.15) is 14.3 Å². The summed E-state index contributed by atoms with van der Waals surface area (Å²) in [6.45, 7) is 7.59. The number of imide groups is 2. The van der Waals surface area contributed by atoms with Crippen LogP contribution in [0.2, 0.25) is 0 Å². The van der Waals surface area contributed by atoms with Gasteiger partial charge >= 0.3 is 0 Å². The summed E-state index contributed by atoms with van der Waals surface area (Å²) in [6, 6.07) is 7.95. The maximum Gasteiger partial charge on any atom is 0.262 e. The fourth-order valence-corrected chi connectivity index (χ4v) is 8.96. The Labute approximate surface area is 320 Å². The number of hydrogen-bond donors (Lipinski definition) is 2. The van der Waals surface area contributed by atoms with E-state index in [9.17, 15) is 27.6 Å². The molecule has 4 amide bonds. The van der Waals surface area contributed by atoms with Crippen LogP contribution in [0.4, 0.5) is 17.5 Å². The van der Waals surface area contributed by atoms with Crippen molar-refractivity contribution >= 4 is 62.0 Å². The molecule has 0 radical (unpaired) electrons. The molecule has 1 saturated carbocycles. The first-order valence-electron chi connectivity index (χ1n) is 18.5. The summed E-state index contributed by atoms with van der Waals surface area (Å²) in [5.41, 5.74) is 2.81. The summed E-state index contributed by atoms with van der Waals surface area (Å²) in [4.78, 5) is 69.7. The van der Waals surface area contributed by atoms with Crippen molar-refractivity contribution in [3.05, 3.63) is 71.8 Å². The van der Waals surface area contributed by atoms with Crippen LogP contribution < -0.4 is 15.5 Å². The van der Waals surface area contributed by atoms with E-state index in [-0.39, 0.29) is 35.3 Å². The Morgan fingerprint density at radius 1 is 0.911 bits per heavy atom. The molecule has 4 aromatic heterocycles. The van der Waals surface area contributed by atoms with Crippen LogP contribution in [0.3, 0.4) is 0 Å². The van der Waals surface area contributed by atoms with Crippen molar-refractivity contribution in [2.45, 2.75) is 63.4 Å². The van der Waals surface area contributed by atoms with Gasteiger partial charge in [-0.25, -0.2) is 23.4 Å². The van der Waals surface area contributed by atoms with E-state index in [1.807, 2.05) is 16.8 Å². The quantitative estimate of drug-likeness (QED) is 0.195. The molecule has 2 saturated heterocycles. The van der Waals surface area contributed by atoms with Crippen LogP contribution in [-0.4, -0.2) is 113 Å². The van der Waals surface area contributed by atoms with E-state index in [2.05, 4.69) is 49.3 Å². The minimum absolute atomic E-state index is 0.0669. The second-order valence-corrected chi connectivity index (χ2v) is 16.8. The van der Waals surface area contributed by atoms with E-state index in [1.54, 1.807) is 30.6 Å². The Hall–Kier alpha value is -6.08. The van der Waals surface area contributed by atoms with Crippen LogP contribution in [0, 0.1) is 0 Å². The van der Waals surface area contributed by atoms with Gasteiger partial charge in [-0.1, -0.05) is 6.07 Å². The van der Waals surface area contributed by atoms with Gasteiger partial charge in [0.2, 0.25) is 11.8 Å². The van der Waals surface area contributed by atoms with Gasteiger partial charge in [0, 0.05) is 63.6 Å². The van der Waals surface area contributed by atoms with E-state index >= 15 is 0 Å². The smallest absolute Gasteiger partial charge is 0.262 e. The summed E-state index contributed by atoms with van der Waals surface area (Å²) in [5.74, 6) is 0.143. The minimum Gasteiger partial charge on any atom is -0.352 e. The molecule has 56 heavy (non-hydrogen) atoms. The van der Waals surface area contributed by atoms with Gasteiger partial charge < -0.3 is 10.2 Å². The van der Waals surface area contributed by atoms with Gasteiger partial charge in [-0.3, -0.25) is 39.0 Å². The molecular formula is C37H38N12O6S. The summed E-state index contributed by atoms with van der Waals surface area (Å²) in [7, 11) is -3.50. The summed E-state index contributed by atoms with van der Waals surface area (Å²) in [5, 5.41) is 15.1. The Morgan fingerprint density at radius 2 is 1.70 bits per heavy atom. The minimum atomic E-state index is -3.50. The van der Waals surface area contributed by atoms with Crippen LogP contribution >= 0.6 is 0 Å². The Morgan fingerprint density at radius 3 is 2.45 bits per heavy atom. The number of carbonyl (C=O) groups excluding carboxylic acids is 4. The predicted molar refractivity (Wildman–Crippen MR) is 202 cm³/mol. The fraction of sp³-hybridized carbons (Fsp3) is 0.378. The number of piperazine rings is 1. The molecule has 1 aromatic carbocycles. The molecule has 3 fully saturated rings. The van der Waals surface area contributed by atoms with Crippen molar-refractivity contribution in [2.24, 2.45) is 0 Å². The standard InChI is InChI=1S/C37H38N12O6S/c1-21(2)49-29-16-31(41-30-9-10-38-33(42-30)23-17-40-47(20-23)56(54,55)24-4-5-24)39-18-27(29)34(44-49)46-13-11-45(12-14-46)19-22-3-6-25-26(15-22)37(53)48(36(25)52)28-7-8-32(50)43-35(28)51/h3,6,9-10,15-18,20-21,24,28H,4-5,7-8,11-14,19H2,1-2H3,(H,43,50,51)(H,38,39,41,42). The SMILES string of the molecule is CC(C)n1nc(N2CCN(Cc3ccc4c(c3)C(=O)N(C3CCC(=O)NC3=O)C4=O)CC2)c2cnc(Nc3ccnc(-c4cnn(S(=O)(=O)C5CC5)c4)n3)cc21. The number of anilines is 3. The van der Waals surface area contributed by atoms with E-state index in [0.29, 0.717) is 55.5 Å². The second-order valence-electron chi connectivity index (χ2n) is 14.8. The second kappa shape index (κ2) is 13.6. The summed E-state index contributed by atoms with van der Waals surface area (Å²) in [6.07, 6.45) is 7.76. The molecule has 4 aliphatic rings. The number of piperidine rings is 1. The zero-order valence-corrected chi connectivity index (χ0v) is 31.4. The van der Waals surface area contributed by atoms with Gasteiger partial charge in [0.25, 0.3) is 21.8 Å².